The predicted molar refractivity (Wildman–Crippen MR) is 70.5 cm³/mol. The molecule has 2 rings (SSSR count). The molecule has 1 N–H and O–H groups in total. The van der Waals surface area contributed by atoms with Gasteiger partial charge in [-0.25, -0.2) is 0 Å². The first-order valence-electron chi connectivity index (χ1n) is 7.03. The van der Waals surface area contributed by atoms with Crippen LogP contribution >= 0.6 is 0 Å². The zero-order valence-electron chi connectivity index (χ0n) is 11.5. The molecule has 18 heavy (non-hydrogen) atoms. The quantitative estimate of drug-likeness (QED) is 0.766. The Morgan fingerprint density at radius 2 is 2.17 bits per heavy atom. The Hall–Kier alpha value is -0.650. The van der Waals surface area contributed by atoms with E-state index in [1.165, 1.54) is 0 Å². The van der Waals surface area contributed by atoms with Crippen LogP contribution in [0.5, 0.6) is 0 Å². The van der Waals surface area contributed by atoms with Gasteiger partial charge in [-0.05, 0) is 32.5 Å². The van der Waals surface area contributed by atoms with E-state index in [9.17, 15) is 4.79 Å². The van der Waals surface area contributed by atoms with Crippen LogP contribution in [0, 0.1) is 0 Å². The second-order valence-electron chi connectivity index (χ2n) is 5.18. The SMILES string of the molecule is CCN1CCOC(C(=O)N(C)C2CCNCC2)C1. The summed E-state index contributed by atoms with van der Waals surface area (Å²) in [5.41, 5.74) is 0. The highest BCUT2D eigenvalue weighted by Crippen LogP contribution is 2.14. The van der Waals surface area contributed by atoms with Crippen molar-refractivity contribution in [2.45, 2.75) is 31.9 Å². The highest BCUT2D eigenvalue weighted by Gasteiger charge is 2.31. The van der Waals surface area contributed by atoms with Gasteiger partial charge in [0.1, 0.15) is 6.10 Å². The second-order valence-corrected chi connectivity index (χ2v) is 5.18. The summed E-state index contributed by atoms with van der Waals surface area (Å²) in [4.78, 5) is 16.6. The van der Waals surface area contributed by atoms with Gasteiger partial charge >= 0.3 is 0 Å². The van der Waals surface area contributed by atoms with Crippen molar-refractivity contribution in [1.29, 1.82) is 0 Å². The molecule has 104 valence electrons. The first-order chi connectivity index (χ1) is 8.72. The lowest BCUT2D eigenvalue weighted by Gasteiger charge is -2.37. The van der Waals surface area contributed by atoms with E-state index in [2.05, 4.69) is 17.1 Å². The number of nitrogens with one attached hydrogen (secondary N) is 1. The van der Waals surface area contributed by atoms with Crippen molar-refractivity contribution >= 4 is 5.91 Å². The van der Waals surface area contributed by atoms with Gasteiger partial charge in [0.2, 0.25) is 0 Å². The smallest absolute Gasteiger partial charge is 0.253 e. The first-order valence-corrected chi connectivity index (χ1v) is 7.03. The number of amides is 1. The minimum absolute atomic E-state index is 0.153. The maximum Gasteiger partial charge on any atom is 0.253 e. The Balaban J connectivity index is 1.88. The van der Waals surface area contributed by atoms with E-state index in [-0.39, 0.29) is 12.0 Å². The molecule has 0 aliphatic carbocycles. The molecule has 0 aromatic rings. The van der Waals surface area contributed by atoms with Gasteiger partial charge < -0.3 is 15.0 Å². The average molecular weight is 255 g/mol. The van der Waals surface area contributed by atoms with Crippen molar-refractivity contribution in [3.05, 3.63) is 0 Å². The van der Waals surface area contributed by atoms with Gasteiger partial charge in [0, 0.05) is 26.2 Å². The van der Waals surface area contributed by atoms with E-state index in [1.807, 2.05) is 11.9 Å². The summed E-state index contributed by atoms with van der Waals surface area (Å²) in [5.74, 6) is 0.153. The molecular weight excluding hydrogens is 230 g/mol. The van der Waals surface area contributed by atoms with Crippen LogP contribution in [-0.2, 0) is 9.53 Å². The van der Waals surface area contributed by atoms with Crippen LogP contribution in [0.2, 0.25) is 0 Å². The summed E-state index contributed by atoms with van der Waals surface area (Å²) in [6.07, 6.45) is 1.83. The van der Waals surface area contributed by atoms with E-state index < -0.39 is 0 Å². The van der Waals surface area contributed by atoms with Crippen molar-refractivity contribution in [3.63, 3.8) is 0 Å². The number of morpholine rings is 1. The lowest BCUT2D eigenvalue weighted by atomic mass is 10.0. The molecule has 2 aliphatic heterocycles. The number of carbonyl (C=O) groups excluding carboxylic acids is 1. The normalized spacial score (nSPS) is 27.1. The minimum atomic E-state index is -0.265. The van der Waals surface area contributed by atoms with Gasteiger partial charge in [-0.15, -0.1) is 0 Å². The van der Waals surface area contributed by atoms with Gasteiger partial charge in [-0.1, -0.05) is 6.92 Å². The van der Waals surface area contributed by atoms with Crippen LogP contribution in [0.25, 0.3) is 0 Å². The van der Waals surface area contributed by atoms with Gasteiger partial charge in [0.15, 0.2) is 0 Å². The van der Waals surface area contributed by atoms with Crippen molar-refractivity contribution in [3.8, 4) is 0 Å². The molecule has 1 atom stereocenters. The number of hydrogen-bond donors (Lipinski definition) is 1. The van der Waals surface area contributed by atoms with Crippen molar-refractivity contribution in [2.24, 2.45) is 0 Å². The highest BCUT2D eigenvalue weighted by atomic mass is 16.5. The maximum atomic E-state index is 12.4. The number of rotatable bonds is 3. The molecule has 5 nitrogen and oxygen atoms in total. The molecule has 0 aromatic carbocycles. The highest BCUT2D eigenvalue weighted by molar-refractivity contribution is 5.81. The van der Waals surface area contributed by atoms with E-state index >= 15 is 0 Å². The number of piperidine rings is 1. The van der Waals surface area contributed by atoms with Crippen LogP contribution in [0.4, 0.5) is 0 Å². The zero-order valence-corrected chi connectivity index (χ0v) is 11.5. The molecule has 2 aliphatic rings. The van der Waals surface area contributed by atoms with Crippen molar-refractivity contribution in [2.75, 3.05) is 46.4 Å². The Morgan fingerprint density at radius 3 is 2.83 bits per heavy atom. The second kappa shape index (κ2) is 6.50. The third-order valence-electron chi connectivity index (χ3n) is 4.08. The van der Waals surface area contributed by atoms with Gasteiger partial charge in [-0.2, -0.15) is 0 Å². The average Bonchev–Trinajstić information content (AvgIpc) is 2.46. The monoisotopic (exact) mass is 255 g/mol. The fourth-order valence-corrected chi connectivity index (χ4v) is 2.74. The van der Waals surface area contributed by atoms with Crippen molar-refractivity contribution in [1.82, 2.24) is 15.1 Å². The fourth-order valence-electron chi connectivity index (χ4n) is 2.74. The van der Waals surface area contributed by atoms with E-state index in [0.717, 1.165) is 45.6 Å². The Morgan fingerprint density at radius 1 is 1.44 bits per heavy atom. The van der Waals surface area contributed by atoms with E-state index in [4.69, 9.17) is 4.74 Å². The molecule has 0 radical (unpaired) electrons. The molecule has 0 saturated carbocycles. The van der Waals surface area contributed by atoms with Crippen LogP contribution in [0.1, 0.15) is 19.8 Å². The summed E-state index contributed by atoms with van der Waals surface area (Å²) in [6.45, 7) is 7.49. The maximum absolute atomic E-state index is 12.4. The fraction of sp³-hybridized carbons (Fsp3) is 0.923. The lowest BCUT2D eigenvalue weighted by Crippen LogP contribution is -2.53. The Kier molecular flexibility index (Phi) is 4.97. The van der Waals surface area contributed by atoms with Crippen molar-refractivity contribution < 1.29 is 9.53 Å². The molecule has 1 unspecified atom stereocenters. The number of ether oxygens (including phenoxy) is 1. The van der Waals surface area contributed by atoms with Gasteiger partial charge in [0.05, 0.1) is 6.61 Å². The molecule has 2 fully saturated rings. The summed E-state index contributed by atoms with van der Waals surface area (Å²) < 4.78 is 5.64. The summed E-state index contributed by atoms with van der Waals surface area (Å²) in [7, 11) is 1.92. The topological polar surface area (TPSA) is 44.8 Å². The van der Waals surface area contributed by atoms with E-state index in [0.29, 0.717) is 12.6 Å². The molecule has 0 spiro atoms. The molecular formula is C13H25N3O2. The van der Waals surface area contributed by atoms with Gasteiger partial charge in [0.25, 0.3) is 5.91 Å². The summed E-state index contributed by atoms with van der Waals surface area (Å²) in [5, 5.41) is 3.33. The molecule has 0 aromatic heterocycles. The molecule has 0 bridgehead atoms. The lowest BCUT2D eigenvalue weighted by molar-refractivity contribution is -0.150. The Labute approximate surface area is 109 Å². The Bertz CT molecular complexity index is 275. The third kappa shape index (κ3) is 3.22. The largest absolute Gasteiger partial charge is 0.366 e. The molecule has 2 saturated heterocycles. The van der Waals surface area contributed by atoms with Crippen LogP contribution in [0.15, 0.2) is 0 Å². The third-order valence-corrected chi connectivity index (χ3v) is 4.08. The number of likely N-dealkylation sites (N-methyl/N-ethyl adjacent to an activating group) is 2. The first kappa shape index (κ1) is 13.8. The molecule has 2 heterocycles. The van der Waals surface area contributed by atoms with Crippen LogP contribution in [0.3, 0.4) is 0 Å². The van der Waals surface area contributed by atoms with E-state index in [1.54, 1.807) is 0 Å². The minimum Gasteiger partial charge on any atom is -0.366 e. The van der Waals surface area contributed by atoms with Gasteiger partial charge in [-0.3, -0.25) is 9.69 Å². The number of carbonyl (C=O) groups is 1. The van der Waals surface area contributed by atoms with Crippen LogP contribution in [-0.4, -0.2) is 74.2 Å². The summed E-state index contributed by atoms with van der Waals surface area (Å²) >= 11 is 0. The predicted octanol–water partition coefficient (Wildman–Crippen LogP) is -0.0825. The number of nitrogens with zero attached hydrogens (tertiary/aromatic N) is 2. The molecule has 1 amide bonds. The summed E-state index contributed by atoms with van der Waals surface area (Å²) in [6, 6.07) is 0.374. The standard InChI is InChI=1S/C13H25N3O2/c1-3-16-8-9-18-12(10-16)13(17)15(2)11-4-6-14-7-5-11/h11-12,14H,3-10H2,1-2H3. The van der Waals surface area contributed by atoms with Crippen LogP contribution < -0.4 is 5.32 Å². The molecule has 5 heteroatoms. The number of hydrogen-bond acceptors (Lipinski definition) is 4. The zero-order chi connectivity index (χ0) is 13.0.